The molecule has 3 heterocycles. The number of aliphatic hydroxyl groups excluding tert-OH is 9. The van der Waals surface area contributed by atoms with Gasteiger partial charge in [-0.1, -0.05) is 227 Å². The summed E-state index contributed by atoms with van der Waals surface area (Å²) in [6.07, 6.45) is 40.5. The van der Waals surface area contributed by atoms with E-state index in [1.165, 1.54) is 180 Å². The van der Waals surface area contributed by atoms with E-state index in [1.807, 2.05) is 0 Å². The minimum absolute atomic E-state index is 0.00638. The maximum absolute atomic E-state index is 14.1. The van der Waals surface area contributed by atoms with Crippen molar-refractivity contribution in [1.29, 1.82) is 0 Å². The summed E-state index contributed by atoms with van der Waals surface area (Å²) < 4.78 is 101. The number of Topliss-reactive ketones (excluding diaryl/α,β-unsaturated/α-hetero) is 3. The van der Waals surface area contributed by atoms with Crippen LogP contribution in [0.25, 0.3) is 0 Å². The smallest absolute Gasteiger partial charge is 0.407 e. The summed E-state index contributed by atoms with van der Waals surface area (Å²) in [6, 6.07) is 0. The SMILES string of the molecule is CCCCCCCCCCCCCCCCCCOCC(COC(=O)NCCOCCOCCC(=O)NC(COCCCOCCCCC(=O)CCCCOC1OC(CO)C(O)C(O)C1C)(COCCCOCCCCC(=O)CCCCOC1OC(CO)C(O)C(O)C1C)COCCCOCCCCC(=O)CCCCOC1OC(CO)C(O)C(O)C1C)OCCCCCCCCCCCCCCCCCC. The normalized spacial score (nSPS) is 22.2. The van der Waals surface area contributed by atoms with Gasteiger partial charge in [0.05, 0.1) is 91.0 Å². The summed E-state index contributed by atoms with van der Waals surface area (Å²) in [5.74, 6) is -1.38. The third-order valence-electron chi connectivity index (χ3n) is 26.8. The van der Waals surface area contributed by atoms with Crippen molar-refractivity contribution in [3.05, 3.63) is 0 Å². The lowest BCUT2D eigenvalue weighted by Crippen LogP contribution is -2.58. The van der Waals surface area contributed by atoms with Crippen LogP contribution in [0.1, 0.15) is 381 Å². The van der Waals surface area contributed by atoms with Gasteiger partial charge in [0.2, 0.25) is 5.91 Å². The minimum Gasteiger partial charge on any atom is -0.447 e. The Morgan fingerprint density at radius 3 is 0.879 bits per heavy atom. The number of ketones is 3. The van der Waals surface area contributed by atoms with E-state index in [2.05, 4.69) is 24.5 Å². The molecule has 0 aromatic carbocycles. The molecule has 2 amide bonds. The predicted octanol–water partition coefficient (Wildman–Crippen LogP) is 15.2. The van der Waals surface area contributed by atoms with Gasteiger partial charge in [-0.05, 0) is 109 Å². The number of hydrogen-bond donors (Lipinski definition) is 11. The minimum atomic E-state index is -1.20. The molecule has 0 spiro atoms. The van der Waals surface area contributed by atoms with Gasteiger partial charge in [-0.15, -0.1) is 0 Å². The van der Waals surface area contributed by atoms with Crippen LogP contribution >= 0.6 is 0 Å². The number of hydrogen-bond acceptors (Lipinski definition) is 31. The molecular formula is C108H204N2O31. The molecule has 0 aromatic rings. The van der Waals surface area contributed by atoms with Crippen LogP contribution in [0.5, 0.6) is 0 Å². The van der Waals surface area contributed by atoms with Crippen molar-refractivity contribution in [2.45, 2.75) is 467 Å². The summed E-state index contributed by atoms with van der Waals surface area (Å²) in [6.45, 7) is 15.3. The number of amides is 2. The molecule has 16 unspecified atom stereocenters. The molecule has 3 saturated heterocycles. The first-order valence-electron chi connectivity index (χ1n) is 56.0. The quantitative estimate of drug-likeness (QED) is 0.0252. The van der Waals surface area contributed by atoms with Gasteiger partial charge in [0.15, 0.2) is 18.9 Å². The van der Waals surface area contributed by atoms with Crippen LogP contribution < -0.4 is 10.6 Å². The molecule has 3 aliphatic heterocycles. The van der Waals surface area contributed by atoms with Crippen LogP contribution in [0.3, 0.4) is 0 Å². The molecule has 141 heavy (non-hydrogen) atoms. The van der Waals surface area contributed by atoms with Gasteiger partial charge in [0, 0.05) is 162 Å². The van der Waals surface area contributed by atoms with E-state index in [-0.39, 0.29) is 115 Å². The lowest BCUT2D eigenvalue weighted by molar-refractivity contribution is -0.282. The van der Waals surface area contributed by atoms with E-state index in [0.717, 1.165) is 25.7 Å². The lowest BCUT2D eigenvalue weighted by Gasteiger charge is -2.40. The Kier molecular flexibility index (Phi) is 85.8. The molecule has 11 N–H and O–H groups in total. The Hall–Kier alpha value is -3.25. The molecule has 3 aliphatic rings. The van der Waals surface area contributed by atoms with Crippen LogP contribution in [0, 0.1) is 17.8 Å². The predicted molar refractivity (Wildman–Crippen MR) is 542 cm³/mol. The van der Waals surface area contributed by atoms with Crippen molar-refractivity contribution in [3.8, 4) is 0 Å². The molecule has 832 valence electrons. The number of alkyl carbamates (subject to hydrolysis) is 1. The zero-order valence-corrected chi connectivity index (χ0v) is 88.5. The fraction of sp³-hybridized carbons (Fsp3) is 0.954. The average Bonchev–Trinajstić information content (AvgIpc) is 0.800. The van der Waals surface area contributed by atoms with E-state index >= 15 is 0 Å². The standard InChI is InChI=1S/C108H204N2O31/c1-6-8-10-12-14-16-18-20-22-24-26-28-30-32-34-42-64-130-82-93(134-71-43-35-33-31-29-27-25-23-21-19-17-15-13-11-9-7-2)83-138-107(124)109-60-76-129-78-77-128-75-59-97(117)110-108(84-131-68-50-65-125-61-44-36-53-90(114)56-39-47-72-135-104-87(3)98(118)101(121)94(79-111)139-104,85-132-69-51-66-126-62-45-37-54-91(115)57-40-48-73-136-105-88(4)99(119)102(122)95(80-112)140-105)86-133-70-52-67-127-63-46-38-55-92(116)58-41-49-74-137-106-89(5)100(120)103(123)96(81-113)141-106/h87-89,93-96,98-106,111-113,118-123H,6-86H2,1-5H3,(H,109,124)(H,110,117). The summed E-state index contributed by atoms with van der Waals surface area (Å²) in [5.41, 5.74) is -1.16. The number of ether oxygens (including phenoxy) is 17. The van der Waals surface area contributed by atoms with Crippen molar-refractivity contribution in [2.24, 2.45) is 17.8 Å². The van der Waals surface area contributed by atoms with Gasteiger partial charge in [-0.2, -0.15) is 0 Å². The highest BCUT2D eigenvalue weighted by Gasteiger charge is 2.45. The zero-order chi connectivity index (χ0) is 102. The van der Waals surface area contributed by atoms with Crippen molar-refractivity contribution < 1.29 is 150 Å². The second kappa shape index (κ2) is 91.7. The fourth-order valence-corrected chi connectivity index (χ4v) is 17.5. The summed E-state index contributed by atoms with van der Waals surface area (Å²) in [4.78, 5) is 65.4. The lowest BCUT2D eigenvalue weighted by atomic mass is 9.92. The number of unbranched alkanes of at least 4 members (excludes halogenated alkanes) is 36. The second-order valence-electron chi connectivity index (χ2n) is 39.7. The summed E-state index contributed by atoms with van der Waals surface area (Å²) in [5, 5.41) is 96.2. The van der Waals surface area contributed by atoms with E-state index in [1.54, 1.807) is 20.8 Å². The van der Waals surface area contributed by atoms with Crippen LogP contribution in [0.15, 0.2) is 0 Å². The molecule has 0 saturated carbocycles. The summed E-state index contributed by atoms with van der Waals surface area (Å²) >= 11 is 0. The number of carbonyl (C=O) groups is 5. The molecule has 16 atom stereocenters. The van der Waals surface area contributed by atoms with Gasteiger partial charge >= 0.3 is 6.09 Å². The van der Waals surface area contributed by atoms with Gasteiger partial charge in [-0.25, -0.2) is 4.79 Å². The monoisotopic (exact) mass is 2030 g/mol. The molecular weight excluding hydrogens is 1820 g/mol. The van der Waals surface area contributed by atoms with Crippen LogP contribution in [-0.2, 0) is 99.7 Å². The highest BCUT2D eigenvalue weighted by atomic mass is 16.7. The Labute approximate surface area is 849 Å². The molecule has 0 aliphatic carbocycles. The Morgan fingerprint density at radius 1 is 0.284 bits per heavy atom. The Balaban J connectivity index is 1.54. The number of carbonyl (C=O) groups excluding carboxylic acids is 5. The van der Waals surface area contributed by atoms with Gasteiger partial charge in [0.1, 0.15) is 72.2 Å². The third-order valence-corrected chi connectivity index (χ3v) is 26.8. The second-order valence-corrected chi connectivity index (χ2v) is 39.7. The van der Waals surface area contributed by atoms with Crippen molar-refractivity contribution in [3.63, 3.8) is 0 Å². The van der Waals surface area contributed by atoms with Gasteiger partial charge < -0.3 is 137 Å². The maximum Gasteiger partial charge on any atom is 0.407 e. The maximum atomic E-state index is 14.1. The van der Waals surface area contributed by atoms with Crippen LogP contribution in [0.4, 0.5) is 4.79 Å². The average molecular weight is 2030 g/mol. The molecule has 0 bridgehead atoms. The Morgan fingerprint density at radius 2 is 0.553 bits per heavy atom. The molecule has 0 aromatic heterocycles. The van der Waals surface area contributed by atoms with Crippen LogP contribution in [-0.4, -0.2) is 339 Å². The largest absolute Gasteiger partial charge is 0.447 e. The van der Waals surface area contributed by atoms with E-state index in [9.17, 15) is 69.9 Å². The Bertz CT molecular complexity index is 2670. The van der Waals surface area contributed by atoms with Crippen molar-refractivity contribution in [1.82, 2.24) is 10.6 Å². The molecule has 33 heteroatoms. The number of nitrogens with one attached hydrogen (secondary N) is 2. The van der Waals surface area contributed by atoms with E-state index in [4.69, 9.17) is 80.5 Å². The fourth-order valence-electron chi connectivity index (χ4n) is 17.5. The molecule has 3 rings (SSSR count). The summed E-state index contributed by atoms with van der Waals surface area (Å²) in [7, 11) is 0. The van der Waals surface area contributed by atoms with Gasteiger partial charge in [-0.3, -0.25) is 19.2 Å². The first kappa shape index (κ1) is 132. The zero-order valence-electron chi connectivity index (χ0n) is 88.5. The van der Waals surface area contributed by atoms with Crippen LogP contribution in [0.2, 0.25) is 0 Å². The number of aliphatic hydroxyl groups is 9. The molecule has 33 nitrogen and oxygen atoms in total. The molecule has 0 radical (unpaired) electrons. The number of rotatable bonds is 103. The first-order valence-corrected chi connectivity index (χ1v) is 56.0. The highest BCUT2D eigenvalue weighted by Crippen LogP contribution is 2.31. The van der Waals surface area contributed by atoms with Crippen molar-refractivity contribution in [2.75, 3.05) is 178 Å². The first-order chi connectivity index (χ1) is 68.7. The van der Waals surface area contributed by atoms with Gasteiger partial charge in [0.25, 0.3) is 0 Å². The third kappa shape index (κ3) is 69.0. The van der Waals surface area contributed by atoms with Crippen molar-refractivity contribution >= 4 is 29.4 Å². The van der Waals surface area contributed by atoms with E-state index < -0.39 is 123 Å². The topological polar surface area (TPSA) is 448 Å². The van der Waals surface area contributed by atoms with E-state index in [0.29, 0.717) is 214 Å². The highest BCUT2D eigenvalue weighted by molar-refractivity contribution is 5.79. The molecule has 3 fully saturated rings.